The highest BCUT2D eigenvalue weighted by molar-refractivity contribution is 5.99. The fourth-order valence-electron chi connectivity index (χ4n) is 2.94. The topological polar surface area (TPSA) is 87.0 Å². The highest BCUT2D eigenvalue weighted by Crippen LogP contribution is 2.29. The number of benzene rings is 2. The van der Waals surface area contributed by atoms with Crippen molar-refractivity contribution in [2.24, 2.45) is 0 Å². The molecule has 28 heavy (non-hydrogen) atoms. The number of fused-ring (bicyclic) bond motifs is 1. The largest absolute Gasteiger partial charge is 0.497 e. The number of methoxy groups -OCH3 is 3. The summed E-state index contributed by atoms with van der Waals surface area (Å²) in [5, 5.41) is 3.63. The van der Waals surface area contributed by atoms with Crippen molar-refractivity contribution in [1.29, 1.82) is 0 Å². The van der Waals surface area contributed by atoms with Crippen molar-refractivity contribution in [1.82, 2.24) is 5.32 Å². The Hall–Kier alpha value is -3.48. The Kier molecular flexibility index (Phi) is 5.54. The fraction of sp³-hybridized carbons (Fsp3) is 0.238. The SMILES string of the molecule is COC(=O)c1cc(CNC(=O)c2oc3ccc(OC)cc3c2C)ccc1OC. The van der Waals surface area contributed by atoms with E-state index in [0.717, 1.165) is 16.5 Å². The summed E-state index contributed by atoms with van der Waals surface area (Å²) in [4.78, 5) is 24.5. The summed E-state index contributed by atoms with van der Waals surface area (Å²) in [7, 11) is 4.36. The summed E-state index contributed by atoms with van der Waals surface area (Å²) in [5.74, 6) is 0.487. The van der Waals surface area contributed by atoms with E-state index in [4.69, 9.17) is 18.6 Å². The molecule has 1 heterocycles. The second-order valence-corrected chi connectivity index (χ2v) is 6.13. The molecule has 3 rings (SSSR count). The molecule has 0 atom stereocenters. The van der Waals surface area contributed by atoms with Crippen LogP contribution < -0.4 is 14.8 Å². The number of nitrogens with one attached hydrogen (secondary N) is 1. The van der Waals surface area contributed by atoms with Gasteiger partial charge in [-0.2, -0.15) is 0 Å². The predicted molar refractivity (Wildman–Crippen MR) is 103 cm³/mol. The van der Waals surface area contributed by atoms with Crippen molar-refractivity contribution in [2.75, 3.05) is 21.3 Å². The molecule has 146 valence electrons. The predicted octanol–water partition coefficient (Wildman–Crippen LogP) is 3.48. The van der Waals surface area contributed by atoms with Gasteiger partial charge in [-0.1, -0.05) is 6.07 Å². The van der Waals surface area contributed by atoms with Crippen LogP contribution in [0.3, 0.4) is 0 Å². The van der Waals surface area contributed by atoms with E-state index in [1.165, 1.54) is 14.2 Å². The van der Waals surface area contributed by atoms with Crippen LogP contribution in [-0.2, 0) is 11.3 Å². The monoisotopic (exact) mass is 383 g/mol. The molecule has 0 bridgehead atoms. The van der Waals surface area contributed by atoms with Crippen molar-refractivity contribution in [3.05, 3.63) is 58.8 Å². The van der Waals surface area contributed by atoms with Gasteiger partial charge in [-0.25, -0.2) is 4.79 Å². The van der Waals surface area contributed by atoms with Crippen molar-refractivity contribution in [2.45, 2.75) is 13.5 Å². The number of furan rings is 1. The van der Waals surface area contributed by atoms with E-state index in [2.05, 4.69) is 5.32 Å². The molecule has 1 aromatic heterocycles. The van der Waals surface area contributed by atoms with Crippen LogP contribution in [0, 0.1) is 6.92 Å². The Morgan fingerprint density at radius 1 is 1.04 bits per heavy atom. The normalized spacial score (nSPS) is 10.6. The Bertz CT molecular complexity index is 1040. The van der Waals surface area contributed by atoms with Gasteiger partial charge < -0.3 is 23.9 Å². The van der Waals surface area contributed by atoms with Crippen molar-refractivity contribution in [3.63, 3.8) is 0 Å². The first-order valence-electron chi connectivity index (χ1n) is 8.59. The van der Waals surface area contributed by atoms with Gasteiger partial charge in [-0.3, -0.25) is 4.79 Å². The van der Waals surface area contributed by atoms with Crippen molar-refractivity contribution < 1.29 is 28.2 Å². The van der Waals surface area contributed by atoms with Gasteiger partial charge in [0.25, 0.3) is 5.91 Å². The molecule has 1 N–H and O–H groups in total. The van der Waals surface area contributed by atoms with Crippen LogP contribution in [-0.4, -0.2) is 33.2 Å². The van der Waals surface area contributed by atoms with Crippen LogP contribution in [0.5, 0.6) is 11.5 Å². The van der Waals surface area contributed by atoms with E-state index in [1.54, 1.807) is 37.4 Å². The molecule has 0 saturated heterocycles. The van der Waals surface area contributed by atoms with Crippen molar-refractivity contribution in [3.8, 4) is 11.5 Å². The van der Waals surface area contributed by atoms with Crippen LogP contribution >= 0.6 is 0 Å². The second-order valence-electron chi connectivity index (χ2n) is 6.13. The van der Waals surface area contributed by atoms with Crippen LogP contribution in [0.25, 0.3) is 11.0 Å². The van der Waals surface area contributed by atoms with Gasteiger partial charge in [0, 0.05) is 17.5 Å². The molecule has 7 nitrogen and oxygen atoms in total. The number of hydrogen-bond acceptors (Lipinski definition) is 6. The minimum atomic E-state index is -0.507. The van der Waals surface area contributed by atoms with E-state index in [-0.39, 0.29) is 18.2 Å². The van der Waals surface area contributed by atoms with Gasteiger partial charge in [-0.15, -0.1) is 0 Å². The van der Waals surface area contributed by atoms with Crippen LogP contribution in [0.15, 0.2) is 40.8 Å². The average Bonchev–Trinajstić information content (AvgIpc) is 3.07. The van der Waals surface area contributed by atoms with E-state index < -0.39 is 5.97 Å². The smallest absolute Gasteiger partial charge is 0.341 e. The van der Waals surface area contributed by atoms with E-state index >= 15 is 0 Å². The van der Waals surface area contributed by atoms with Gasteiger partial charge in [-0.05, 0) is 42.8 Å². The third kappa shape index (κ3) is 3.64. The highest BCUT2D eigenvalue weighted by Gasteiger charge is 2.19. The van der Waals surface area contributed by atoms with E-state index in [0.29, 0.717) is 22.6 Å². The van der Waals surface area contributed by atoms with Gasteiger partial charge in [0.1, 0.15) is 22.6 Å². The molecule has 7 heteroatoms. The molecule has 0 aliphatic heterocycles. The standard InChI is InChI=1S/C21H21NO6/c1-12-15-10-14(25-2)6-8-18(15)28-19(12)20(23)22-11-13-5-7-17(26-3)16(9-13)21(24)27-4/h5-10H,11H2,1-4H3,(H,22,23). The third-order valence-corrected chi connectivity index (χ3v) is 4.47. The van der Waals surface area contributed by atoms with Crippen LogP contribution in [0.2, 0.25) is 0 Å². The molecule has 0 fully saturated rings. The zero-order chi connectivity index (χ0) is 20.3. The molecular weight excluding hydrogens is 362 g/mol. The molecule has 0 aliphatic rings. The quantitative estimate of drug-likeness (QED) is 0.656. The number of hydrogen-bond donors (Lipinski definition) is 1. The first-order chi connectivity index (χ1) is 13.5. The number of aryl methyl sites for hydroxylation is 1. The molecule has 2 aromatic carbocycles. The van der Waals surface area contributed by atoms with Gasteiger partial charge in [0.2, 0.25) is 0 Å². The summed E-state index contributed by atoms with van der Waals surface area (Å²) in [5.41, 5.74) is 2.37. The zero-order valence-electron chi connectivity index (χ0n) is 16.1. The summed E-state index contributed by atoms with van der Waals surface area (Å²) in [6.07, 6.45) is 0. The Morgan fingerprint density at radius 2 is 1.82 bits per heavy atom. The van der Waals surface area contributed by atoms with Gasteiger partial charge in [0.05, 0.1) is 21.3 Å². The molecule has 0 saturated carbocycles. The first-order valence-corrected chi connectivity index (χ1v) is 8.59. The number of amides is 1. The van der Waals surface area contributed by atoms with Gasteiger partial charge in [0.15, 0.2) is 5.76 Å². The lowest BCUT2D eigenvalue weighted by atomic mass is 10.1. The Labute approximate surface area is 162 Å². The molecule has 0 unspecified atom stereocenters. The fourth-order valence-corrected chi connectivity index (χ4v) is 2.94. The maximum absolute atomic E-state index is 12.6. The average molecular weight is 383 g/mol. The van der Waals surface area contributed by atoms with E-state index in [9.17, 15) is 9.59 Å². The first kappa shape index (κ1) is 19.3. The molecule has 0 aliphatic carbocycles. The summed E-state index contributed by atoms with van der Waals surface area (Å²) in [6, 6.07) is 10.4. The van der Waals surface area contributed by atoms with Crippen LogP contribution in [0.1, 0.15) is 32.0 Å². The molecule has 1 amide bonds. The summed E-state index contributed by atoms with van der Waals surface area (Å²) >= 11 is 0. The highest BCUT2D eigenvalue weighted by atomic mass is 16.5. The van der Waals surface area contributed by atoms with Gasteiger partial charge >= 0.3 is 5.97 Å². The molecule has 0 spiro atoms. The summed E-state index contributed by atoms with van der Waals surface area (Å²) in [6.45, 7) is 2.04. The molecular formula is C21H21NO6. The molecule has 3 aromatic rings. The maximum Gasteiger partial charge on any atom is 0.341 e. The second kappa shape index (κ2) is 8.04. The number of esters is 1. The lowest BCUT2D eigenvalue weighted by Crippen LogP contribution is -2.23. The zero-order valence-corrected chi connectivity index (χ0v) is 16.1. The van der Waals surface area contributed by atoms with Crippen molar-refractivity contribution >= 4 is 22.8 Å². The number of ether oxygens (including phenoxy) is 3. The minimum absolute atomic E-state index is 0.215. The molecule has 0 radical (unpaired) electrons. The Morgan fingerprint density at radius 3 is 2.50 bits per heavy atom. The maximum atomic E-state index is 12.6. The lowest BCUT2D eigenvalue weighted by Gasteiger charge is -2.10. The summed E-state index contributed by atoms with van der Waals surface area (Å²) < 4.78 is 20.9. The number of rotatable bonds is 6. The third-order valence-electron chi connectivity index (χ3n) is 4.47. The number of carbonyl (C=O) groups excluding carboxylic acids is 2. The Balaban J connectivity index is 1.80. The van der Waals surface area contributed by atoms with E-state index in [1.807, 2.05) is 13.0 Å². The van der Waals surface area contributed by atoms with Crippen LogP contribution in [0.4, 0.5) is 0 Å². The number of carbonyl (C=O) groups is 2. The lowest BCUT2D eigenvalue weighted by molar-refractivity contribution is 0.0597. The minimum Gasteiger partial charge on any atom is -0.497 e.